The quantitative estimate of drug-likeness (QED) is 0.499. The number of amides is 2. The molecule has 0 unspecified atom stereocenters. The molecule has 2 amide bonds. The summed E-state index contributed by atoms with van der Waals surface area (Å²) in [6.07, 6.45) is 4.31. The molecule has 2 N–H and O–H groups in total. The average Bonchev–Trinajstić information content (AvgIpc) is 3.17. The van der Waals surface area contributed by atoms with E-state index in [1.165, 1.54) is 18.2 Å². The molecule has 0 fully saturated rings. The molecule has 8 heteroatoms. The molecular formula is C27H21FN2O5. The Labute approximate surface area is 201 Å². The summed E-state index contributed by atoms with van der Waals surface area (Å²) in [7, 11) is 0. The molecule has 0 atom stereocenters. The van der Waals surface area contributed by atoms with Gasteiger partial charge < -0.3 is 14.7 Å². The highest BCUT2D eigenvalue weighted by molar-refractivity contribution is 5.98. The number of carbonyl (C=O) groups excluding carboxylic acids is 2. The number of hydrogen-bond donors (Lipinski definition) is 2. The number of ether oxygens (including phenoxy) is 1. The van der Waals surface area contributed by atoms with Gasteiger partial charge in [-0.15, -0.1) is 6.42 Å². The van der Waals surface area contributed by atoms with Crippen molar-refractivity contribution in [2.45, 2.75) is 5.92 Å². The number of benzene rings is 3. The molecule has 35 heavy (non-hydrogen) atoms. The fraction of sp³-hybridized carbons (Fsp3) is 0.148. The maximum Gasteiger partial charge on any atom is 0.411 e. The van der Waals surface area contributed by atoms with Gasteiger partial charge in [0.05, 0.1) is 17.8 Å². The zero-order valence-corrected chi connectivity index (χ0v) is 18.5. The molecule has 176 valence electrons. The molecule has 3 aromatic carbocycles. The van der Waals surface area contributed by atoms with E-state index in [-0.39, 0.29) is 24.8 Å². The third-order valence-corrected chi connectivity index (χ3v) is 5.71. The van der Waals surface area contributed by atoms with E-state index >= 15 is 4.39 Å². The Morgan fingerprint density at radius 1 is 1.00 bits per heavy atom. The second-order valence-corrected chi connectivity index (χ2v) is 7.88. The van der Waals surface area contributed by atoms with E-state index in [2.05, 4.69) is 11.2 Å². The van der Waals surface area contributed by atoms with Gasteiger partial charge in [0, 0.05) is 5.92 Å². The van der Waals surface area contributed by atoms with Crippen molar-refractivity contribution >= 4 is 23.7 Å². The van der Waals surface area contributed by atoms with Gasteiger partial charge in [-0.05, 0) is 34.4 Å². The lowest BCUT2D eigenvalue weighted by atomic mass is 9.98. The first-order valence-corrected chi connectivity index (χ1v) is 10.8. The number of aliphatic carboxylic acids is 1. The predicted molar refractivity (Wildman–Crippen MR) is 127 cm³/mol. The largest absolute Gasteiger partial charge is 0.480 e. The van der Waals surface area contributed by atoms with Crippen molar-refractivity contribution in [2.24, 2.45) is 0 Å². The number of carboxylic acids is 1. The first-order valence-electron chi connectivity index (χ1n) is 10.8. The monoisotopic (exact) mass is 472 g/mol. The van der Waals surface area contributed by atoms with Gasteiger partial charge in [-0.25, -0.2) is 9.18 Å². The molecule has 0 aliphatic heterocycles. The Kier molecular flexibility index (Phi) is 6.78. The maximum atomic E-state index is 15.0. The Balaban J connectivity index is 1.47. The normalized spacial score (nSPS) is 11.7. The molecule has 4 rings (SSSR count). The zero-order valence-electron chi connectivity index (χ0n) is 18.5. The van der Waals surface area contributed by atoms with Crippen LogP contribution >= 0.6 is 0 Å². The number of rotatable bonds is 7. The van der Waals surface area contributed by atoms with Crippen LogP contribution in [0.15, 0.2) is 66.7 Å². The van der Waals surface area contributed by atoms with Crippen molar-refractivity contribution in [1.82, 2.24) is 4.90 Å². The van der Waals surface area contributed by atoms with E-state index in [0.29, 0.717) is 0 Å². The van der Waals surface area contributed by atoms with Gasteiger partial charge in [0.1, 0.15) is 13.2 Å². The van der Waals surface area contributed by atoms with E-state index in [4.69, 9.17) is 16.3 Å². The molecular weight excluding hydrogens is 451 g/mol. The van der Waals surface area contributed by atoms with Crippen LogP contribution in [-0.4, -0.2) is 47.7 Å². The summed E-state index contributed by atoms with van der Waals surface area (Å²) in [6, 6.07) is 19.6. The summed E-state index contributed by atoms with van der Waals surface area (Å²) in [5, 5.41) is 11.3. The highest BCUT2D eigenvalue weighted by Gasteiger charge is 2.29. The van der Waals surface area contributed by atoms with E-state index in [1.807, 2.05) is 48.5 Å². The molecule has 7 nitrogen and oxygen atoms in total. The van der Waals surface area contributed by atoms with E-state index in [1.54, 1.807) is 0 Å². The smallest absolute Gasteiger partial charge is 0.411 e. The number of terminal acetylenes is 1. The van der Waals surface area contributed by atoms with Crippen LogP contribution in [-0.2, 0) is 9.53 Å². The summed E-state index contributed by atoms with van der Waals surface area (Å²) in [6.45, 7) is -0.963. The number of anilines is 1. The van der Waals surface area contributed by atoms with E-state index in [9.17, 15) is 14.4 Å². The van der Waals surface area contributed by atoms with Gasteiger partial charge in [-0.2, -0.15) is 0 Å². The summed E-state index contributed by atoms with van der Waals surface area (Å²) >= 11 is 0. The molecule has 1 aliphatic carbocycles. The summed E-state index contributed by atoms with van der Waals surface area (Å²) in [4.78, 5) is 37.0. The van der Waals surface area contributed by atoms with Gasteiger partial charge in [-0.3, -0.25) is 14.9 Å². The van der Waals surface area contributed by atoms with Gasteiger partial charge in [0.2, 0.25) is 0 Å². The highest BCUT2D eigenvalue weighted by Crippen LogP contribution is 2.44. The summed E-state index contributed by atoms with van der Waals surface area (Å²) < 4.78 is 20.5. The van der Waals surface area contributed by atoms with Crippen LogP contribution in [0.3, 0.4) is 0 Å². The third kappa shape index (κ3) is 4.84. The lowest BCUT2D eigenvalue weighted by Crippen LogP contribution is -2.36. The third-order valence-electron chi connectivity index (χ3n) is 5.71. The Bertz CT molecular complexity index is 1300. The number of halogens is 1. The molecule has 0 radical (unpaired) electrons. The number of nitrogens with one attached hydrogen (secondary N) is 1. The van der Waals surface area contributed by atoms with Gasteiger partial charge >= 0.3 is 12.1 Å². The molecule has 0 spiro atoms. The number of carbonyl (C=O) groups is 3. The lowest BCUT2D eigenvalue weighted by Gasteiger charge is -2.19. The first-order chi connectivity index (χ1) is 16.9. The van der Waals surface area contributed by atoms with Gasteiger partial charge in [-0.1, -0.05) is 60.5 Å². The molecule has 0 bridgehead atoms. The molecule has 0 aromatic heterocycles. The van der Waals surface area contributed by atoms with Crippen molar-refractivity contribution in [1.29, 1.82) is 0 Å². The van der Waals surface area contributed by atoms with Crippen LogP contribution < -0.4 is 5.32 Å². The minimum atomic E-state index is -1.29. The van der Waals surface area contributed by atoms with Crippen LogP contribution in [0.4, 0.5) is 14.9 Å². The van der Waals surface area contributed by atoms with E-state index < -0.39 is 35.9 Å². The van der Waals surface area contributed by atoms with Crippen molar-refractivity contribution in [3.05, 3.63) is 89.2 Å². The van der Waals surface area contributed by atoms with Crippen molar-refractivity contribution in [3.8, 4) is 23.5 Å². The zero-order chi connectivity index (χ0) is 24.9. The SMILES string of the molecule is C#CCN(CC(=O)O)C(=O)c1cccc(NC(=O)OCC2c3ccccc3-c3ccccc32)c1F. The van der Waals surface area contributed by atoms with E-state index in [0.717, 1.165) is 27.2 Å². The Morgan fingerprint density at radius 2 is 1.63 bits per heavy atom. The molecule has 0 heterocycles. The topological polar surface area (TPSA) is 95.9 Å². The van der Waals surface area contributed by atoms with Crippen LogP contribution in [0.25, 0.3) is 11.1 Å². The fourth-order valence-corrected chi connectivity index (χ4v) is 4.18. The Hall–Kier alpha value is -4.64. The molecule has 3 aromatic rings. The second-order valence-electron chi connectivity index (χ2n) is 7.88. The van der Waals surface area contributed by atoms with Gasteiger partial charge in [0.15, 0.2) is 5.82 Å². The molecule has 0 saturated carbocycles. The molecule has 1 aliphatic rings. The van der Waals surface area contributed by atoms with Crippen molar-refractivity contribution in [3.63, 3.8) is 0 Å². The average molecular weight is 472 g/mol. The number of carboxylic acid groups (broad SMARTS) is 1. The summed E-state index contributed by atoms with van der Waals surface area (Å²) in [5.41, 5.74) is 3.53. The Morgan fingerprint density at radius 3 is 2.23 bits per heavy atom. The number of hydrogen-bond acceptors (Lipinski definition) is 4. The van der Waals surface area contributed by atoms with Crippen molar-refractivity contribution in [2.75, 3.05) is 25.0 Å². The number of fused-ring (bicyclic) bond motifs is 3. The standard InChI is InChI=1S/C27H21FN2O5/c1-2-14-30(15-24(31)32)26(33)21-12-7-13-23(25(21)28)29-27(34)35-16-22-19-10-5-3-8-17(19)18-9-4-6-11-20(18)22/h1,3-13,22H,14-16H2,(H,29,34)(H,31,32). The second kappa shape index (κ2) is 10.1. The van der Waals surface area contributed by atoms with Crippen LogP contribution in [0.1, 0.15) is 27.4 Å². The minimum Gasteiger partial charge on any atom is -0.480 e. The molecule has 0 saturated heterocycles. The minimum absolute atomic E-state index is 0.0364. The van der Waals surface area contributed by atoms with Gasteiger partial charge in [0.25, 0.3) is 5.91 Å². The fourth-order valence-electron chi connectivity index (χ4n) is 4.18. The predicted octanol–water partition coefficient (Wildman–Crippen LogP) is 4.35. The number of nitrogens with zero attached hydrogens (tertiary/aromatic N) is 1. The van der Waals surface area contributed by atoms with Crippen LogP contribution in [0.2, 0.25) is 0 Å². The summed E-state index contributed by atoms with van der Waals surface area (Å²) in [5.74, 6) is -1.20. The van der Waals surface area contributed by atoms with Crippen LogP contribution in [0, 0.1) is 18.2 Å². The highest BCUT2D eigenvalue weighted by atomic mass is 19.1. The maximum absolute atomic E-state index is 15.0. The van der Waals surface area contributed by atoms with Crippen LogP contribution in [0.5, 0.6) is 0 Å². The first kappa shape index (κ1) is 23.5. The van der Waals surface area contributed by atoms with Crippen molar-refractivity contribution < 1.29 is 28.6 Å². The lowest BCUT2D eigenvalue weighted by molar-refractivity contribution is -0.137.